The third kappa shape index (κ3) is 5.85. The summed E-state index contributed by atoms with van der Waals surface area (Å²) in [7, 11) is 0. The van der Waals surface area contributed by atoms with Gasteiger partial charge in [-0.15, -0.1) is 0 Å². The van der Waals surface area contributed by atoms with Crippen molar-refractivity contribution in [3.63, 3.8) is 0 Å². The van der Waals surface area contributed by atoms with E-state index in [1.165, 1.54) is 0 Å². The molecule has 164 valence electrons. The Hall–Kier alpha value is -2.40. The van der Waals surface area contributed by atoms with Crippen LogP contribution in [-0.2, 0) is 9.59 Å². The number of unbranched alkanes of at least 4 members (excludes halogenated alkanes) is 4. The second-order valence-corrected chi connectivity index (χ2v) is 8.67. The predicted molar refractivity (Wildman–Crippen MR) is 129 cm³/mol. The molecule has 31 heavy (non-hydrogen) atoms. The summed E-state index contributed by atoms with van der Waals surface area (Å²) in [6.45, 7) is 4.21. The van der Waals surface area contributed by atoms with E-state index in [9.17, 15) is 9.59 Å². The Morgan fingerprint density at radius 1 is 0.710 bits per heavy atom. The van der Waals surface area contributed by atoms with Gasteiger partial charge in [-0.25, -0.2) is 0 Å². The van der Waals surface area contributed by atoms with Gasteiger partial charge in [-0.1, -0.05) is 79.7 Å². The molecule has 0 unspecified atom stereocenters. The van der Waals surface area contributed by atoms with Crippen LogP contribution in [0.1, 0.15) is 65.2 Å². The summed E-state index contributed by atoms with van der Waals surface area (Å²) in [6.07, 6.45) is 6.47. The highest BCUT2D eigenvalue weighted by atomic mass is 79.9. The summed E-state index contributed by atoms with van der Waals surface area (Å²) in [5.41, 5.74) is 0. The zero-order valence-electron chi connectivity index (χ0n) is 18.2. The molecule has 0 N–H and O–H groups in total. The van der Waals surface area contributed by atoms with Gasteiger partial charge in [-0.2, -0.15) is 0 Å². The van der Waals surface area contributed by atoms with Gasteiger partial charge in [0.05, 0.1) is 0 Å². The minimum absolute atomic E-state index is 0.243. The summed E-state index contributed by atoms with van der Waals surface area (Å²) in [6, 6.07) is 13.3. The second kappa shape index (κ2) is 11.3. The Bertz CT molecular complexity index is 1070. The number of benzene rings is 3. The third-order valence-electron chi connectivity index (χ3n) is 5.29. The van der Waals surface area contributed by atoms with Gasteiger partial charge in [0.25, 0.3) is 0 Å². The molecule has 4 nitrogen and oxygen atoms in total. The van der Waals surface area contributed by atoms with Gasteiger partial charge in [0, 0.05) is 38.9 Å². The van der Waals surface area contributed by atoms with Crippen LogP contribution < -0.4 is 9.47 Å². The fourth-order valence-corrected chi connectivity index (χ4v) is 4.02. The van der Waals surface area contributed by atoms with E-state index in [2.05, 4.69) is 29.8 Å². The Morgan fingerprint density at radius 3 is 1.71 bits per heavy atom. The van der Waals surface area contributed by atoms with Crippen LogP contribution in [-0.4, -0.2) is 11.9 Å². The predicted octanol–water partition coefficient (Wildman–Crippen LogP) is 7.73. The molecule has 0 saturated heterocycles. The number of rotatable bonds is 10. The number of carbonyl (C=O) groups excluding carboxylic acids is 2. The molecule has 0 bridgehead atoms. The maximum atomic E-state index is 12.5. The molecule has 0 aliphatic heterocycles. The molecule has 0 aliphatic rings. The van der Waals surface area contributed by atoms with E-state index in [-0.39, 0.29) is 11.9 Å². The number of halogens is 1. The molecular formula is C26H29BrO4. The van der Waals surface area contributed by atoms with Gasteiger partial charge >= 0.3 is 11.9 Å². The van der Waals surface area contributed by atoms with Gasteiger partial charge < -0.3 is 9.47 Å². The van der Waals surface area contributed by atoms with E-state index in [0.29, 0.717) is 24.3 Å². The van der Waals surface area contributed by atoms with Crippen LogP contribution in [0.5, 0.6) is 11.5 Å². The van der Waals surface area contributed by atoms with Gasteiger partial charge in [-0.05, 0) is 31.0 Å². The van der Waals surface area contributed by atoms with E-state index in [0.717, 1.165) is 64.5 Å². The SMILES string of the molecule is CCCCCC(=O)Oc1c2ccccc2c(OC(=O)CCCCC)c2cc(Br)ccc12. The standard InChI is InChI=1S/C26H29BrO4/c1-3-5-7-13-23(28)30-25-19-11-9-10-12-20(19)26(31-24(29)14-8-6-4-2)22-17-18(27)15-16-21(22)25/h9-12,15-17H,3-8,13-14H2,1-2H3. The normalized spacial score (nSPS) is 11.1. The number of carbonyl (C=O) groups is 2. The molecule has 0 aliphatic carbocycles. The zero-order chi connectivity index (χ0) is 22.2. The number of ether oxygens (including phenoxy) is 2. The smallest absolute Gasteiger partial charge is 0.311 e. The zero-order valence-corrected chi connectivity index (χ0v) is 19.8. The third-order valence-corrected chi connectivity index (χ3v) is 5.78. The highest BCUT2D eigenvalue weighted by Crippen LogP contribution is 2.44. The van der Waals surface area contributed by atoms with Gasteiger partial charge in [-0.3, -0.25) is 9.59 Å². The maximum absolute atomic E-state index is 12.5. The summed E-state index contributed by atoms with van der Waals surface area (Å²) in [5, 5.41) is 3.01. The lowest BCUT2D eigenvalue weighted by molar-refractivity contribution is -0.135. The lowest BCUT2D eigenvalue weighted by atomic mass is 10.0. The average Bonchev–Trinajstić information content (AvgIpc) is 2.76. The molecule has 5 heteroatoms. The van der Waals surface area contributed by atoms with Crippen molar-refractivity contribution < 1.29 is 19.1 Å². The minimum atomic E-state index is -0.246. The van der Waals surface area contributed by atoms with E-state index < -0.39 is 0 Å². The Kier molecular flexibility index (Phi) is 8.47. The van der Waals surface area contributed by atoms with Crippen LogP contribution in [0, 0.1) is 0 Å². The molecule has 0 aromatic heterocycles. The number of hydrogen-bond acceptors (Lipinski definition) is 4. The van der Waals surface area contributed by atoms with Gasteiger partial charge in [0.1, 0.15) is 11.5 Å². The van der Waals surface area contributed by atoms with E-state index in [1.807, 2.05) is 42.5 Å². The van der Waals surface area contributed by atoms with Crippen LogP contribution >= 0.6 is 15.9 Å². The summed E-state index contributed by atoms with van der Waals surface area (Å²) < 4.78 is 12.6. The first-order valence-electron chi connectivity index (χ1n) is 11.1. The van der Waals surface area contributed by atoms with E-state index in [1.54, 1.807) is 0 Å². The van der Waals surface area contributed by atoms with Crippen molar-refractivity contribution >= 4 is 49.4 Å². The van der Waals surface area contributed by atoms with Crippen LogP contribution in [0.2, 0.25) is 0 Å². The van der Waals surface area contributed by atoms with Crippen molar-refractivity contribution in [2.45, 2.75) is 65.2 Å². The van der Waals surface area contributed by atoms with Gasteiger partial charge in [0.2, 0.25) is 0 Å². The van der Waals surface area contributed by atoms with Crippen molar-refractivity contribution in [1.82, 2.24) is 0 Å². The van der Waals surface area contributed by atoms with E-state index >= 15 is 0 Å². The van der Waals surface area contributed by atoms with Crippen LogP contribution in [0.4, 0.5) is 0 Å². The van der Waals surface area contributed by atoms with Crippen molar-refractivity contribution in [2.75, 3.05) is 0 Å². The summed E-state index contributed by atoms with van der Waals surface area (Å²) in [5.74, 6) is 0.542. The van der Waals surface area contributed by atoms with Crippen LogP contribution in [0.3, 0.4) is 0 Å². The minimum Gasteiger partial charge on any atom is -0.425 e. The molecule has 0 fully saturated rings. The lowest BCUT2D eigenvalue weighted by Crippen LogP contribution is -2.10. The molecule has 0 atom stereocenters. The largest absolute Gasteiger partial charge is 0.425 e. The first-order chi connectivity index (χ1) is 15.0. The first kappa shape index (κ1) is 23.3. The van der Waals surface area contributed by atoms with Crippen molar-refractivity contribution in [2.24, 2.45) is 0 Å². The van der Waals surface area contributed by atoms with Crippen molar-refractivity contribution in [3.05, 3.63) is 46.9 Å². The molecule has 3 aromatic rings. The monoisotopic (exact) mass is 484 g/mol. The molecular weight excluding hydrogens is 456 g/mol. The topological polar surface area (TPSA) is 52.6 Å². The van der Waals surface area contributed by atoms with Gasteiger partial charge in [0.15, 0.2) is 0 Å². The summed E-state index contributed by atoms with van der Waals surface area (Å²) in [4.78, 5) is 25.1. The highest BCUT2D eigenvalue weighted by Gasteiger charge is 2.20. The quantitative estimate of drug-likeness (QED) is 0.128. The lowest BCUT2D eigenvalue weighted by Gasteiger charge is -2.17. The fourth-order valence-electron chi connectivity index (χ4n) is 3.66. The Morgan fingerprint density at radius 2 is 1.19 bits per heavy atom. The summed E-state index contributed by atoms with van der Waals surface area (Å²) >= 11 is 3.52. The Labute approximate surface area is 192 Å². The van der Waals surface area contributed by atoms with Crippen molar-refractivity contribution in [3.8, 4) is 11.5 Å². The number of esters is 2. The van der Waals surface area contributed by atoms with Crippen LogP contribution in [0.15, 0.2) is 46.9 Å². The molecule has 3 rings (SSSR count). The molecule has 0 saturated carbocycles. The second-order valence-electron chi connectivity index (χ2n) is 7.76. The molecule has 3 aromatic carbocycles. The number of fused-ring (bicyclic) bond motifs is 2. The molecule has 0 radical (unpaired) electrons. The molecule has 0 spiro atoms. The average molecular weight is 485 g/mol. The maximum Gasteiger partial charge on any atom is 0.311 e. The molecule has 0 amide bonds. The van der Waals surface area contributed by atoms with Crippen molar-refractivity contribution in [1.29, 1.82) is 0 Å². The van der Waals surface area contributed by atoms with E-state index in [4.69, 9.17) is 9.47 Å². The fraction of sp³-hybridized carbons (Fsp3) is 0.385. The van der Waals surface area contributed by atoms with Crippen LogP contribution in [0.25, 0.3) is 21.5 Å². The number of hydrogen-bond donors (Lipinski definition) is 0. The molecule has 0 heterocycles. The first-order valence-corrected chi connectivity index (χ1v) is 11.9. The highest BCUT2D eigenvalue weighted by molar-refractivity contribution is 9.10. The Balaban J connectivity index is 2.07.